The summed E-state index contributed by atoms with van der Waals surface area (Å²) in [6, 6.07) is 4.17. The summed E-state index contributed by atoms with van der Waals surface area (Å²) in [4.78, 5) is 0. The molecular weight excluding hydrogens is 255 g/mol. The zero-order valence-electron chi connectivity index (χ0n) is 9.26. The molecule has 1 heterocycles. The molecule has 0 saturated heterocycles. The van der Waals surface area contributed by atoms with Gasteiger partial charge >= 0.3 is 0 Å². The number of rotatable bonds is 1. The van der Waals surface area contributed by atoms with E-state index in [1.165, 1.54) is 5.56 Å². The zero-order chi connectivity index (χ0) is 11.1. The molecule has 80 valence electrons. The third-order valence-electron chi connectivity index (χ3n) is 2.51. The van der Waals surface area contributed by atoms with Crippen molar-refractivity contribution in [3.63, 3.8) is 0 Å². The fraction of sp³-hybridized carbons (Fsp3) is 0.455. The molecule has 1 aromatic carbocycles. The summed E-state index contributed by atoms with van der Waals surface area (Å²) in [5.41, 5.74) is 2.36. The minimum Gasteiger partial charge on any atom is -0.462 e. The zero-order valence-corrected chi connectivity index (χ0v) is 10.8. The van der Waals surface area contributed by atoms with Gasteiger partial charge in [0, 0.05) is 23.9 Å². The van der Waals surface area contributed by atoms with Gasteiger partial charge in [-0.1, -0.05) is 22.3 Å². The molecular formula is C11H14BBrO2. The van der Waals surface area contributed by atoms with Gasteiger partial charge in [0.05, 0.1) is 6.61 Å². The van der Waals surface area contributed by atoms with Gasteiger partial charge in [0.1, 0.15) is 13.6 Å². The highest BCUT2D eigenvalue weighted by Gasteiger charge is 2.28. The van der Waals surface area contributed by atoms with Crippen molar-refractivity contribution < 1.29 is 9.47 Å². The van der Waals surface area contributed by atoms with Gasteiger partial charge in [0.2, 0.25) is 5.79 Å². The van der Waals surface area contributed by atoms with E-state index in [1.54, 1.807) is 0 Å². The Morgan fingerprint density at radius 2 is 2.20 bits per heavy atom. The highest BCUT2D eigenvalue weighted by atomic mass is 79.9. The first-order valence-electron chi connectivity index (χ1n) is 5.16. The fourth-order valence-electron chi connectivity index (χ4n) is 1.74. The lowest BCUT2D eigenvalue weighted by Gasteiger charge is -2.34. The van der Waals surface area contributed by atoms with Gasteiger partial charge in [-0.15, -0.1) is 0 Å². The maximum Gasteiger partial charge on any atom is 0.205 e. The summed E-state index contributed by atoms with van der Waals surface area (Å²) in [6.07, 6.45) is 0.970. The van der Waals surface area contributed by atoms with Crippen LogP contribution in [0.15, 0.2) is 16.6 Å². The molecule has 0 unspecified atom stereocenters. The average molecular weight is 269 g/mol. The number of hydrogen-bond donors (Lipinski definition) is 0. The molecule has 0 spiro atoms. The first kappa shape index (κ1) is 11.0. The second-order valence-electron chi connectivity index (χ2n) is 4.20. The summed E-state index contributed by atoms with van der Waals surface area (Å²) >= 11 is 3.50. The van der Waals surface area contributed by atoms with Gasteiger partial charge in [-0.25, -0.2) is 0 Å². The van der Waals surface area contributed by atoms with Crippen LogP contribution in [-0.4, -0.2) is 13.6 Å². The molecule has 0 saturated carbocycles. The molecule has 0 atom stereocenters. The van der Waals surface area contributed by atoms with E-state index in [9.17, 15) is 0 Å². The summed E-state index contributed by atoms with van der Waals surface area (Å²) in [7, 11) is 2.13. The number of fused-ring (bicyclic) bond motifs is 1. The second-order valence-corrected chi connectivity index (χ2v) is 5.11. The van der Waals surface area contributed by atoms with E-state index in [-0.39, 0.29) is 0 Å². The van der Waals surface area contributed by atoms with Crippen LogP contribution in [0, 0.1) is 0 Å². The molecule has 0 N–H and O–H groups in total. The molecule has 0 aliphatic carbocycles. The van der Waals surface area contributed by atoms with E-state index < -0.39 is 5.79 Å². The first-order chi connectivity index (χ1) is 7.02. The lowest BCUT2D eigenvalue weighted by molar-refractivity contribution is -0.180. The van der Waals surface area contributed by atoms with Gasteiger partial charge in [-0.05, 0) is 17.7 Å². The van der Waals surface area contributed by atoms with Crippen molar-refractivity contribution in [1.82, 2.24) is 0 Å². The Labute approximate surface area is 99.5 Å². The Morgan fingerprint density at radius 3 is 2.87 bits per heavy atom. The average Bonchev–Trinajstić information content (AvgIpc) is 2.17. The monoisotopic (exact) mass is 268 g/mol. The lowest BCUT2D eigenvalue weighted by Crippen LogP contribution is -2.35. The van der Waals surface area contributed by atoms with E-state index in [4.69, 9.17) is 9.47 Å². The van der Waals surface area contributed by atoms with Crippen molar-refractivity contribution in [2.75, 3.05) is 0 Å². The fourth-order valence-corrected chi connectivity index (χ4v) is 2.29. The maximum absolute atomic E-state index is 5.85. The molecule has 4 heteroatoms. The number of ether oxygens (including phenoxy) is 2. The maximum atomic E-state index is 5.85. The number of halogens is 1. The van der Waals surface area contributed by atoms with E-state index in [0.717, 1.165) is 22.1 Å². The van der Waals surface area contributed by atoms with Gasteiger partial charge < -0.3 is 9.47 Å². The van der Waals surface area contributed by atoms with Crippen LogP contribution in [-0.2, 0) is 17.7 Å². The molecule has 0 radical (unpaired) electrons. The SMILES string of the molecule is BCc1cc(Br)cc2c1OC(C)(C)OC2. The van der Waals surface area contributed by atoms with Gasteiger partial charge in [0.25, 0.3) is 0 Å². The lowest BCUT2D eigenvalue weighted by atomic mass is 9.94. The topological polar surface area (TPSA) is 18.5 Å². The Bertz CT molecular complexity index is 373. The van der Waals surface area contributed by atoms with Crippen molar-refractivity contribution in [1.29, 1.82) is 0 Å². The third-order valence-corrected chi connectivity index (χ3v) is 2.97. The molecule has 1 aromatic rings. The van der Waals surface area contributed by atoms with Crippen LogP contribution in [0.25, 0.3) is 0 Å². The van der Waals surface area contributed by atoms with E-state index in [1.807, 2.05) is 13.8 Å². The van der Waals surface area contributed by atoms with E-state index in [0.29, 0.717) is 6.61 Å². The molecule has 2 rings (SSSR count). The largest absolute Gasteiger partial charge is 0.462 e. The summed E-state index contributed by atoms with van der Waals surface area (Å²) < 4.78 is 12.5. The molecule has 1 aliphatic heterocycles. The van der Waals surface area contributed by atoms with E-state index >= 15 is 0 Å². The van der Waals surface area contributed by atoms with Crippen molar-refractivity contribution in [3.05, 3.63) is 27.7 Å². The Hall–Kier alpha value is -0.475. The normalized spacial score (nSPS) is 18.1. The van der Waals surface area contributed by atoms with Crippen LogP contribution in [0.1, 0.15) is 25.0 Å². The van der Waals surface area contributed by atoms with E-state index in [2.05, 4.69) is 35.9 Å². The van der Waals surface area contributed by atoms with Crippen LogP contribution >= 0.6 is 15.9 Å². The van der Waals surface area contributed by atoms with Gasteiger partial charge in [0.15, 0.2) is 0 Å². The number of hydrogen-bond acceptors (Lipinski definition) is 2. The summed E-state index contributed by atoms with van der Waals surface area (Å²) in [6.45, 7) is 4.50. The standard InChI is InChI=1S/C11H14BBrO2/c1-11(2)14-6-8-4-9(13)3-7(5-12)10(8)15-11/h3-4H,5-6,12H2,1-2H3. The first-order valence-corrected chi connectivity index (χ1v) is 5.95. The summed E-state index contributed by atoms with van der Waals surface area (Å²) in [5.74, 6) is 0.488. The molecule has 15 heavy (non-hydrogen) atoms. The summed E-state index contributed by atoms with van der Waals surface area (Å²) in [5, 5.41) is 0. The Morgan fingerprint density at radius 1 is 1.47 bits per heavy atom. The number of benzene rings is 1. The minimum absolute atomic E-state index is 0.509. The molecule has 0 aromatic heterocycles. The van der Waals surface area contributed by atoms with Crippen molar-refractivity contribution in [2.45, 2.75) is 32.6 Å². The van der Waals surface area contributed by atoms with Crippen molar-refractivity contribution in [3.8, 4) is 5.75 Å². The van der Waals surface area contributed by atoms with Crippen molar-refractivity contribution in [2.24, 2.45) is 0 Å². The van der Waals surface area contributed by atoms with Crippen LogP contribution in [0.3, 0.4) is 0 Å². The van der Waals surface area contributed by atoms with Crippen LogP contribution in [0.4, 0.5) is 0 Å². The highest BCUT2D eigenvalue weighted by molar-refractivity contribution is 9.10. The van der Waals surface area contributed by atoms with Gasteiger partial charge in [-0.2, -0.15) is 0 Å². The predicted octanol–water partition coefficient (Wildman–Crippen LogP) is 2.23. The third kappa shape index (κ3) is 2.21. The minimum atomic E-state index is -0.509. The molecule has 1 aliphatic rings. The Balaban J connectivity index is 2.48. The predicted molar refractivity (Wildman–Crippen MR) is 65.9 cm³/mol. The molecule has 0 fully saturated rings. The Kier molecular flexibility index (Phi) is 2.82. The second kappa shape index (κ2) is 3.83. The molecule has 2 nitrogen and oxygen atoms in total. The molecule has 0 amide bonds. The van der Waals surface area contributed by atoms with Gasteiger partial charge in [-0.3, -0.25) is 0 Å². The molecule has 0 bridgehead atoms. The van der Waals surface area contributed by atoms with Crippen LogP contribution in [0.5, 0.6) is 5.75 Å². The quantitative estimate of drug-likeness (QED) is 0.728. The van der Waals surface area contributed by atoms with Crippen LogP contribution < -0.4 is 4.74 Å². The van der Waals surface area contributed by atoms with Crippen molar-refractivity contribution >= 4 is 23.8 Å². The smallest absolute Gasteiger partial charge is 0.205 e. The highest BCUT2D eigenvalue weighted by Crippen LogP contribution is 2.36. The van der Waals surface area contributed by atoms with Crippen LogP contribution in [0.2, 0.25) is 0 Å².